The number of aliphatic hydroxyl groups is 1. The Morgan fingerprint density at radius 1 is 1.19 bits per heavy atom. The number of carbonyl (C=O) groups is 2. The quantitative estimate of drug-likeness (QED) is 0.230. The predicted molar refractivity (Wildman–Crippen MR) is 114 cm³/mol. The van der Waals surface area contributed by atoms with Crippen molar-refractivity contribution in [1.82, 2.24) is 9.80 Å². The van der Waals surface area contributed by atoms with E-state index in [1.807, 2.05) is 19.0 Å². The number of aromatic hydroxyl groups is 1. The molecule has 1 fully saturated rings. The smallest absolute Gasteiger partial charge is 0.295 e. The SMILES string of the molecule is CN(C)CCN1C(=O)C(=O)/C(=C(\O)c2ccc([N+](=O)[O-])cc2)C1c1ccc(O)c(Cl)c1. The van der Waals surface area contributed by atoms with Crippen LogP contribution in [0.3, 0.4) is 0 Å². The minimum atomic E-state index is -0.937. The Labute approximate surface area is 182 Å². The Bertz CT molecular complexity index is 1080. The third-order valence-electron chi connectivity index (χ3n) is 4.97. The number of nitro groups is 1. The first-order valence-electron chi connectivity index (χ1n) is 9.28. The topological polar surface area (TPSA) is 124 Å². The Kier molecular flexibility index (Phi) is 6.28. The molecule has 1 atom stereocenters. The molecule has 1 aliphatic rings. The molecule has 1 unspecified atom stereocenters. The minimum Gasteiger partial charge on any atom is -0.507 e. The molecule has 9 nitrogen and oxygen atoms in total. The zero-order chi connectivity index (χ0) is 22.9. The average Bonchev–Trinajstić information content (AvgIpc) is 2.98. The van der Waals surface area contributed by atoms with E-state index >= 15 is 0 Å². The van der Waals surface area contributed by atoms with Gasteiger partial charge in [0.15, 0.2) is 0 Å². The molecule has 0 bridgehead atoms. The molecule has 0 radical (unpaired) electrons. The van der Waals surface area contributed by atoms with Crippen LogP contribution >= 0.6 is 11.6 Å². The fraction of sp³-hybridized carbons (Fsp3) is 0.238. The maximum atomic E-state index is 12.9. The van der Waals surface area contributed by atoms with Gasteiger partial charge in [0.1, 0.15) is 11.5 Å². The largest absolute Gasteiger partial charge is 0.507 e. The number of non-ortho nitro benzene ring substituents is 1. The van der Waals surface area contributed by atoms with Gasteiger partial charge >= 0.3 is 0 Å². The molecular weight excluding hydrogens is 426 g/mol. The molecule has 0 spiro atoms. The summed E-state index contributed by atoms with van der Waals surface area (Å²) in [6.07, 6.45) is 0. The van der Waals surface area contributed by atoms with E-state index in [4.69, 9.17) is 11.6 Å². The fourth-order valence-corrected chi connectivity index (χ4v) is 3.54. The van der Waals surface area contributed by atoms with Crippen LogP contribution in [-0.4, -0.2) is 63.8 Å². The number of likely N-dealkylation sites (N-methyl/N-ethyl adjacent to an activating group) is 1. The van der Waals surface area contributed by atoms with Gasteiger partial charge in [-0.25, -0.2) is 0 Å². The molecule has 1 saturated heterocycles. The molecule has 162 valence electrons. The number of hydrogen-bond donors (Lipinski definition) is 2. The maximum Gasteiger partial charge on any atom is 0.295 e. The van der Waals surface area contributed by atoms with Gasteiger partial charge < -0.3 is 20.0 Å². The molecule has 3 rings (SSSR count). The third kappa shape index (κ3) is 4.37. The fourth-order valence-electron chi connectivity index (χ4n) is 3.35. The standard InChI is InChI=1S/C21H20ClN3O6/c1-23(2)9-10-24-18(13-5-8-16(26)15(22)11-13)17(20(28)21(24)29)19(27)12-3-6-14(7-4-12)25(30)31/h3-8,11,18,26-27H,9-10H2,1-2H3/b19-17-. The summed E-state index contributed by atoms with van der Waals surface area (Å²) in [7, 11) is 3.64. The molecule has 0 aromatic heterocycles. The van der Waals surface area contributed by atoms with Crippen LogP contribution < -0.4 is 0 Å². The minimum absolute atomic E-state index is 0.0334. The number of phenolic OH excluding ortho intramolecular Hbond substituents is 1. The zero-order valence-electron chi connectivity index (χ0n) is 16.8. The summed E-state index contributed by atoms with van der Waals surface area (Å²) in [5.74, 6) is -2.26. The lowest BCUT2D eigenvalue weighted by molar-refractivity contribution is -0.384. The van der Waals surface area contributed by atoms with Crippen LogP contribution in [0.4, 0.5) is 5.69 Å². The molecule has 0 saturated carbocycles. The van der Waals surface area contributed by atoms with Crippen molar-refractivity contribution in [2.45, 2.75) is 6.04 Å². The predicted octanol–water partition coefficient (Wildman–Crippen LogP) is 2.94. The number of nitrogens with zero attached hydrogens (tertiary/aromatic N) is 3. The van der Waals surface area contributed by atoms with Crippen LogP contribution in [0.1, 0.15) is 17.2 Å². The summed E-state index contributed by atoms with van der Waals surface area (Å²) in [6.45, 7) is 0.671. The first-order valence-corrected chi connectivity index (χ1v) is 9.66. The molecule has 0 aliphatic carbocycles. The number of aliphatic hydroxyl groups excluding tert-OH is 1. The van der Waals surface area contributed by atoms with E-state index in [0.717, 1.165) is 0 Å². The van der Waals surface area contributed by atoms with E-state index in [1.54, 1.807) is 0 Å². The number of phenols is 1. The second kappa shape index (κ2) is 8.75. The van der Waals surface area contributed by atoms with E-state index in [-0.39, 0.29) is 34.1 Å². The maximum absolute atomic E-state index is 12.9. The highest BCUT2D eigenvalue weighted by molar-refractivity contribution is 6.46. The van der Waals surface area contributed by atoms with E-state index in [9.17, 15) is 29.9 Å². The Morgan fingerprint density at radius 2 is 1.84 bits per heavy atom. The van der Waals surface area contributed by atoms with Gasteiger partial charge in [0.2, 0.25) is 0 Å². The summed E-state index contributed by atoms with van der Waals surface area (Å²) >= 11 is 6.04. The van der Waals surface area contributed by atoms with Gasteiger partial charge in [-0.3, -0.25) is 19.7 Å². The Morgan fingerprint density at radius 3 is 2.39 bits per heavy atom. The van der Waals surface area contributed by atoms with Gasteiger partial charge in [-0.2, -0.15) is 0 Å². The molecule has 10 heteroatoms. The van der Waals surface area contributed by atoms with Crippen molar-refractivity contribution in [1.29, 1.82) is 0 Å². The Hall–Kier alpha value is -3.43. The van der Waals surface area contributed by atoms with Crippen molar-refractivity contribution in [2.24, 2.45) is 0 Å². The van der Waals surface area contributed by atoms with Gasteiger partial charge in [0.05, 0.1) is 21.6 Å². The molecule has 2 aromatic rings. The molecule has 1 amide bonds. The number of benzene rings is 2. The van der Waals surface area contributed by atoms with Gasteiger partial charge in [-0.05, 0) is 43.9 Å². The lowest BCUT2D eigenvalue weighted by Gasteiger charge is -2.26. The van der Waals surface area contributed by atoms with Crippen molar-refractivity contribution in [3.8, 4) is 5.75 Å². The van der Waals surface area contributed by atoms with E-state index in [0.29, 0.717) is 12.1 Å². The number of hydrogen-bond acceptors (Lipinski definition) is 7. The zero-order valence-corrected chi connectivity index (χ0v) is 17.5. The number of carbonyl (C=O) groups excluding carboxylic acids is 2. The second-order valence-electron chi connectivity index (χ2n) is 7.31. The van der Waals surface area contributed by atoms with Crippen LogP contribution in [0.25, 0.3) is 5.76 Å². The number of likely N-dealkylation sites (tertiary alicyclic amines) is 1. The Balaban J connectivity index is 2.15. The van der Waals surface area contributed by atoms with Crippen LogP contribution in [0, 0.1) is 10.1 Å². The van der Waals surface area contributed by atoms with Crippen LogP contribution in [-0.2, 0) is 9.59 Å². The molecule has 31 heavy (non-hydrogen) atoms. The van der Waals surface area contributed by atoms with E-state index in [2.05, 4.69) is 0 Å². The van der Waals surface area contributed by atoms with Crippen molar-refractivity contribution in [3.05, 3.63) is 74.3 Å². The summed E-state index contributed by atoms with van der Waals surface area (Å²) in [6, 6.07) is 8.36. The summed E-state index contributed by atoms with van der Waals surface area (Å²) < 4.78 is 0. The number of Topliss-reactive ketones (excluding diaryl/α,β-unsaturated/α-hetero) is 1. The summed E-state index contributed by atoms with van der Waals surface area (Å²) in [4.78, 5) is 39.1. The van der Waals surface area contributed by atoms with Gasteiger partial charge in [0, 0.05) is 30.8 Å². The average molecular weight is 446 g/mol. The van der Waals surface area contributed by atoms with Gasteiger partial charge in [-0.15, -0.1) is 0 Å². The molecule has 2 N–H and O–H groups in total. The highest BCUT2D eigenvalue weighted by Gasteiger charge is 2.46. The molecule has 1 heterocycles. The number of ketones is 1. The molecule has 1 aliphatic heterocycles. The summed E-state index contributed by atoms with van der Waals surface area (Å²) in [5.41, 5.74) is 0.263. The number of halogens is 1. The van der Waals surface area contributed by atoms with Crippen molar-refractivity contribution in [2.75, 3.05) is 27.2 Å². The third-order valence-corrected chi connectivity index (χ3v) is 5.27. The summed E-state index contributed by atoms with van der Waals surface area (Å²) in [5, 5.41) is 31.6. The second-order valence-corrected chi connectivity index (χ2v) is 7.72. The first kappa shape index (κ1) is 22.3. The van der Waals surface area contributed by atoms with Crippen molar-refractivity contribution in [3.63, 3.8) is 0 Å². The monoisotopic (exact) mass is 445 g/mol. The highest BCUT2D eigenvalue weighted by Crippen LogP contribution is 2.41. The van der Waals surface area contributed by atoms with Crippen molar-refractivity contribution < 1.29 is 24.7 Å². The van der Waals surface area contributed by atoms with Gasteiger partial charge in [0.25, 0.3) is 17.4 Å². The molecular formula is C21H20ClN3O6. The first-order chi connectivity index (χ1) is 14.6. The van der Waals surface area contributed by atoms with E-state index < -0.39 is 28.4 Å². The highest BCUT2D eigenvalue weighted by atomic mass is 35.5. The van der Waals surface area contributed by atoms with Crippen molar-refractivity contribution >= 4 is 34.7 Å². The lowest BCUT2D eigenvalue weighted by atomic mass is 9.95. The number of nitro benzene ring substituents is 1. The molecule has 2 aromatic carbocycles. The lowest BCUT2D eigenvalue weighted by Crippen LogP contribution is -2.35. The van der Waals surface area contributed by atoms with Crippen LogP contribution in [0.2, 0.25) is 5.02 Å². The van der Waals surface area contributed by atoms with E-state index in [1.165, 1.54) is 47.4 Å². The number of rotatable bonds is 6. The number of amides is 1. The normalized spacial score (nSPS) is 18.1. The van der Waals surface area contributed by atoms with Crippen LogP contribution in [0.5, 0.6) is 5.75 Å². The van der Waals surface area contributed by atoms with Gasteiger partial charge in [-0.1, -0.05) is 17.7 Å². The van der Waals surface area contributed by atoms with Crippen LogP contribution in [0.15, 0.2) is 48.0 Å².